The highest BCUT2D eigenvalue weighted by Crippen LogP contribution is 2.42. The summed E-state index contributed by atoms with van der Waals surface area (Å²) >= 11 is 2.86. The third-order valence-electron chi connectivity index (χ3n) is 24.7. The van der Waals surface area contributed by atoms with Crippen LogP contribution in [0.1, 0.15) is 196 Å². The van der Waals surface area contributed by atoms with E-state index in [1.807, 2.05) is 68.5 Å². The summed E-state index contributed by atoms with van der Waals surface area (Å²) in [6, 6.07) is 31.3. The van der Waals surface area contributed by atoms with Crippen LogP contribution in [0.3, 0.4) is 0 Å². The molecule has 0 saturated carbocycles. The van der Waals surface area contributed by atoms with Crippen molar-refractivity contribution in [1.82, 2.24) is 102 Å². The maximum Gasteiger partial charge on any atom is 0.433 e. The van der Waals surface area contributed by atoms with Gasteiger partial charge in [-0.1, -0.05) is 36.4 Å². The van der Waals surface area contributed by atoms with Crippen LogP contribution in [0, 0.1) is 0 Å². The number of rotatable bonds is 12. The van der Waals surface area contributed by atoms with E-state index in [1.165, 1.54) is 77.6 Å². The number of hydrogen-bond acceptors (Lipinski definition) is 20. The lowest BCUT2D eigenvalue weighted by atomic mass is 10.0. The number of thiazole rings is 1. The van der Waals surface area contributed by atoms with Crippen LogP contribution in [0.5, 0.6) is 5.75 Å². The molecule has 6 saturated heterocycles. The van der Waals surface area contributed by atoms with E-state index >= 15 is 0 Å². The fourth-order valence-corrected chi connectivity index (χ4v) is 18.8. The summed E-state index contributed by atoms with van der Waals surface area (Å²) in [7, 11) is 1.67. The van der Waals surface area contributed by atoms with E-state index in [2.05, 4.69) is 62.3 Å². The van der Waals surface area contributed by atoms with E-state index in [9.17, 15) is 89.8 Å². The highest BCUT2D eigenvalue weighted by molar-refractivity contribution is 7.13. The number of alkyl halides is 15. The normalized spacial score (nSPS) is 15.9. The molecule has 18 heterocycles. The number of halogens is 15. The number of carbonyl (C=O) groups excluding carboxylic acids is 5. The SMILES string of the molecule is COc1ccc(-c2cc(N3CCCCC3)n3nc(C(=O)N4CCCCC4)cc3n2)cc1.O=C(c1cc2nc(-c3ccc(C(F)(F)F)cc3)cc(C(F)(F)F)n2n1)N1CCCCC1.O=C(c1cc2nc(-c3ccccc3C(F)(F)F)cc(C(F)(F)F)n2n1)N1CCCCC1.O=C(c1cc2nc(-c3nccs3)cc(C(F)(F)F)n2n1)N1CCCCC1.O=C(c1cc2ncc(-c3cccs3)cn2n1)N1CCCCC1. The third kappa shape index (κ3) is 22.7. The van der Waals surface area contributed by atoms with Gasteiger partial charge in [-0.15, -0.1) is 22.7 Å². The molecule has 6 aliphatic rings. The Morgan fingerprint density at radius 3 is 1.11 bits per heavy atom. The number of thiophene rings is 1. The Bertz CT molecular complexity index is 6980. The molecule has 5 amide bonds. The van der Waals surface area contributed by atoms with Crippen LogP contribution in [0.2, 0.25) is 0 Å². The van der Waals surface area contributed by atoms with E-state index in [0.717, 1.165) is 211 Å². The lowest BCUT2D eigenvalue weighted by molar-refractivity contribution is -0.143. The molecule has 0 unspecified atom stereocenters. The van der Waals surface area contributed by atoms with Gasteiger partial charge in [-0.3, -0.25) is 24.0 Å². The Labute approximate surface area is 802 Å². The minimum absolute atomic E-state index is 0.0146. The maximum absolute atomic E-state index is 13.7. The van der Waals surface area contributed by atoms with Crippen LogP contribution in [0.15, 0.2) is 169 Å². The summed E-state index contributed by atoms with van der Waals surface area (Å²) in [6.07, 6.45) is -0.229. The van der Waals surface area contributed by atoms with Gasteiger partial charge in [0.2, 0.25) is 0 Å². The van der Waals surface area contributed by atoms with Gasteiger partial charge in [0.1, 0.15) is 22.3 Å². The summed E-state index contributed by atoms with van der Waals surface area (Å²) < 4.78 is 212. The summed E-state index contributed by atoms with van der Waals surface area (Å²) in [5.41, 5.74) is -2.21. The Balaban J connectivity index is 0.000000122. The molecule has 0 N–H and O–H groups in total. The summed E-state index contributed by atoms with van der Waals surface area (Å²) in [5.74, 6) is 0.487. The number of hydrogen-bond donors (Lipinski definition) is 0. The lowest BCUT2D eigenvalue weighted by Gasteiger charge is -2.29. The Hall–Kier alpha value is -14.0. The first kappa shape index (κ1) is 98.6. The number of nitrogens with zero attached hydrogens (tertiary/aromatic N) is 22. The van der Waals surface area contributed by atoms with Crippen LogP contribution in [0.4, 0.5) is 71.7 Å². The van der Waals surface area contributed by atoms with E-state index in [0.29, 0.717) is 92.6 Å². The lowest BCUT2D eigenvalue weighted by Crippen LogP contribution is -2.36. The maximum atomic E-state index is 13.7. The van der Waals surface area contributed by atoms with Crippen LogP contribution in [0.25, 0.3) is 83.2 Å². The van der Waals surface area contributed by atoms with Gasteiger partial charge < -0.3 is 34.1 Å². The fourth-order valence-electron chi connectivity index (χ4n) is 17.5. The molecule has 3 aromatic carbocycles. The van der Waals surface area contributed by atoms with E-state index < -0.39 is 82.2 Å². The van der Waals surface area contributed by atoms with Crippen molar-refractivity contribution in [2.24, 2.45) is 0 Å². The second-order valence-electron chi connectivity index (χ2n) is 34.4. The van der Waals surface area contributed by atoms with Gasteiger partial charge in [0.25, 0.3) is 29.5 Å². The Kier molecular flexibility index (Phi) is 29.2. The molecule has 141 heavy (non-hydrogen) atoms. The molecule has 6 aliphatic heterocycles. The van der Waals surface area contributed by atoms with Crippen molar-refractivity contribution in [3.8, 4) is 60.7 Å². The molecule has 0 radical (unpaired) electrons. The number of likely N-dealkylation sites (tertiary alicyclic amines) is 5. The van der Waals surface area contributed by atoms with Crippen molar-refractivity contribution < 1.29 is 94.6 Å². The minimum atomic E-state index is -4.93. The van der Waals surface area contributed by atoms with E-state index in [1.54, 1.807) is 39.3 Å². The average molecular weight is 2000 g/mol. The number of fused-ring (bicyclic) bond motifs is 5. The topological polar surface area (TPSA) is 278 Å². The molecular formula is C96H91F15N22O6S2. The highest BCUT2D eigenvalue weighted by atomic mass is 32.1. The largest absolute Gasteiger partial charge is 0.497 e. The molecule has 45 heteroatoms. The van der Waals surface area contributed by atoms with Crippen molar-refractivity contribution in [2.75, 3.05) is 90.5 Å². The molecule has 12 aromatic heterocycles. The number of anilines is 1. The number of piperidine rings is 6. The van der Waals surface area contributed by atoms with Crippen molar-refractivity contribution in [3.63, 3.8) is 0 Å². The molecule has 15 aromatic rings. The molecule has 0 aliphatic carbocycles. The zero-order valence-electron chi connectivity index (χ0n) is 75.7. The second-order valence-corrected chi connectivity index (χ2v) is 36.3. The van der Waals surface area contributed by atoms with Gasteiger partial charge in [0, 0.05) is 166 Å². The van der Waals surface area contributed by atoms with Crippen molar-refractivity contribution in [3.05, 3.63) is 226 Å². The number of methoxy groups -OCH3 is 1. The van der Waals surface area contributed by atoms with Crippen LogP contribution in [-0.4, -0.2) is 218 Å². The molecule has 738 valence electrons. The first-order valence-electron chi connectivity index (χ1n) is 45.9. The zero-order chi connectivity index (χ0) is 99.2. The van der Waals surface area contributed by atoms with Crippen LogP contribution in [-0.2, 0) is 30.9 Å². The van der Waals surface area contributed by atoms with Gasteiger partial charge in [0.15, 0.2) is 73.8 Å². The highest BCUT2D eigenvalue weighted by Gasteiger charge is 2.42. The Morgan fingerprint density at radius 1 is 0.333 bits per heavy atom. The molecular weight excluding hydrogens is 1910 g/mol. The van der Waals surface area contributed by atoms with Crippen LogP contribution < -0.4 is 9.64 Å². The van der Waals surface area contributed by atoms with Crippen molar-refractivity contribution in [1.29, 1.82) is 0 Å². The van der Waals surface area contributed by atoms with Gasteiger partial charge >= 0.3 is 30.9 Å². The van der Waals surface area contributed by atoms with Gasteiger partial charge in [0.05, 0.1) is 35.3 Å². The van der Waals surface area contributed by atoms with Crippen LogP contribution >= 0.6 is 22.7 Å². The number of carbonyl (C=O) groups is 5. The summed E-state index contributed by atoms with van der Waals surface area (Å²) in [5, 5.41) is 24.7. The number of amides is 5. The second kappa shape index (κ2) is 41.8. The molecule has 0 atom stereocenters. The van der Waals surface area contributed by atoms with Gasteiger partial charge in [-0.25, -0.2) is 48.0 Å². The molecule has 0 bridgehead atoms. The molecule has 28 nitrogen and oxygen atoms in total. The number of benzene rings is 3. The molecule has 6 fully saturated rings. The number of ether oxygens (including phenoxy) is 1. The van der Waals surface area contributed by atoms with E-state index in [-0.39, 0.29) is 68.7 Å². The minimum Gasteiger partial charge on any atom is -0.497 e. The first-order valence-corrected chi connectivity index (χ1v) is 47.7. The third-order valence-corrected chi connectivity index (χ3v) is 26.4. The summed E-state index contributed by atoms with van der Waals surface area (Å²) in [6.45, 7) is 8.42. The zero-order valence-corrected chi connectivity index (χ0v) is 77.3. The van der Waals surface area contributed by atoms with Crippen molar-refractivity contribution in [2.45, 2.75) is 146 Å². The smallest absolute Gasteiger partial charge is 0.433 e. The summed E-state index contributed by atoms with van der Waals surface area (Å²) in [4.78, 5) is 101. The first-order chi connectivity index (χ1) is 67.6. The molecule has 0 spiro atoms. The van der Waals surface area contributed by atoms with Gasteiger partial charge in [-0.05, 0) is 188 Å². The van der Waals surface area contributed by atoms with E-state index in [4.69, 9.17) is 14.8 Å². The van der Waals surface area contributed by atoms with Gasteiger partial charge in [-0.2, -0.15) is 95.9 Å². The standard InChI is InChI=1S/C24H29N5O2.2C20H16F6N4O.C16H14F3N5OS.C16H16N4OS/c1-31-19-10-8-18(9-11-19)20-17-23(27-12-4-2-5-13-27)29-22(25-20)16-21(26-29)24(30)28-14-6-3-7-15-28;21-19(22,23)13-7-3-2-6-12(13)14-10-16(20(24,25)26)30-17(27-14)11-15(28-30)18(31)29-8-4-1-5-9-29;21-19(22,23)13-6-4-12(5-7-13)14-10-16(20(24,25)26)30-17(27-14)11-15(28-30)18(31)29-8-2-1-3-9-29;17-16(18,19)12-8-10(14-20-4-7-26-14)21-13-9-11(22-24(12)13)15(25)23-5-2-1-3-6-23;21-16(19-6-2-1-3-7-19)13-9-15-17-10-12(11-20(15)18-13)14-5-4-8-22-14/h8-11,16-17H,2-7,12-15H2,1H3;2-3,6-7,10-11H,1,4-5,8-9H2;4-7,10-11H,1-3,8-9H2;4,7-9H,1-3,5-6H2;4-5,8-11H,1-3,6-7H2. The monoisotopic (exact) mass is 2000 g/mol. The Morgan fingerprint density at radius 2 is 0.709 bits per heavy atom. The fraction of sp³-hybridized carbons (Fsp3) is 0.375. The van der Waals surface area contributed by atoms with Crippen molar-refractivity contribution >= 4 is 86.3 Å². The average Bonchev–Trinajstić information content (AvgIpc) is 1.51. The predicted molar refractivity (Wildman–Crippen MR) is 492 cm³/mol. The molecule has 21 rings (SSSR count). The number of aromatic nitrogens is 16. The predicted octanol–water partition coefficient (Wildman–Crippen LogP) is 20.7. The quantitative estimate of drug-likeness (QED) is 0.103.